The molecule has 0 aliphatic carbocycles. The molecule has 0 heterocycles. The highest BCUT2D eigenvalue weighted by Gasteiger charge is 2.11. The van der Waals surface area contributed by atoms with Crippen molar-refractivity contribution in [3.8, 4) is 11.1 Å². The minimum Gasteiger partial charge on any atom is -0.394 e. The lowest BCUT2D eigenvalue weighted by molar-refractivity contribution is -0.0328. The molecule has 1 atom stereocenters. The van der Waals surface area contributed by atoms with E-state index in [4.69, 9.17) is 19.7 Å². The molecule has 0 amide bonds. The van der Waals surface area contributed by atoms with Crippen LogP contribution < -0.4 is 0 Å². The van der Waals surface area contributed by atoms with Gasteiger partial charge in [-0.15, -0.1) is 0 Å². The highest BCUT2D eigenvalue weighted by atomic mass is 16.5. The van der Waals surface area contributed by atoms with Crippen molar-refractivity contribution in [3.63, 3.8) is 0 Å². The van der Waals surface area contributed by atoms with Gasteiger partial charge < -0.3 is 19.7 Å². The van der Waals surface area contributed by atoms with Crippen molar-refractivity contribution in [3.05, 3.63) is 60.2 Å². The Morgan fingerprint density at radius 2 is 1.43 bits per heavy atom. The van der Waals surface area contributed by atoms with Crippen molar-refractivity contribution in [1.29, 1.82) is 0 Å². The largest absolute Gasteiger partial charge is 0.394 e. The van der Waals surface area contributed by atoms with Gasteiger partial charge in [0.1, 0.15) is 0 Å². The second-order valence-corrected chi connectivity index (χ2v) is 5.28. The molecule has 0 saturated heterocycles. The first-order valence-corrected chi connectivity index (χ1v) is 7.89. The SMILES string of the molecule is OCCOCC(Cc1ccc(-c2ccccc2)cc1)OCCO. The minimum absolute atomic E-state index is 0.00150. The van der Waals surface area contributed by atoms with Gasteiger partial charge in [0, 0.05) is 6.42 Å². The maximum atomic E-state index is 8.91. The molecule has 4 heteroatoms. The van der Waals surface area contributed by atoms with Crippen molar-refractivity contribution in [1.82, 2.24) is 0 Å². The van der Waals surface area contributed by atoms with Crippen molar-refractivity contribution in [2.45, 2.75) is 12.5 Å². The summed E-state index contributed by atoms with van der Waals surface area (Å²) in [5.41, 5.74) is 3.53. The summed E-state index contributed by atoms with van der Waals surface area (Å²) < 4.78 is 11.0. The third kappa shape index (κ3) is 6.12. The highest BCUT2D eigenvalue weighted by Crippen LogP contribution is 2.20. The van der Waals surface area contributed by atoms with Gasteiger partial charge in [0.15, 0.2) is 0 Å². The summed E-state index contributed by atoms with van der Waals surface area (Å²) in [6.45, 7) is 0.976. The first-order valence-electron chi connectivity index (χ1n) is 7.89. The van der Waals surface area contributed by atoms with Gasteiger partial charge in [0.25, 0.3) is 0 Å². The van der Waals surface area contributed by atoms with E-state index in [0.29, 0.717) is 19.6 Å². The molecule has 2 aromatic rings. The second kappa shape index (κ2) is 10.1. The maximum absolute atomic E-state index is 8.91. The van der Waals surface area contributed by atoms with Gasteiger partial charge in [0.05, 0.1) is 39.1 Å². The number of aliphatic hydroxyl groups excluding tert-OH is 2. The van der Waals surface area contributed by atoms with Gasteiger partial charge in [-0.05, 0) is 16.7 Å². The molecule has 1 unspecified atom stereocenters. The molecule has 0 spiro atoms. The van der Waals surface area contributed by atoms with Crippen LogP contribution in [0.15, 0.2) is 54.6 Å². The van der Waals surface area contributed by atoms with E-state index >= 15 is 0 Å². The molecule has 0 bridgehead atoms. The highest BCUT2D eigenvalue weighted by molar-refractivity contribution is 5.63. The predicted octanol–water partition coefficient (Wildman–Crippen LogP) is 2.28. The Balaban J connectivity index is 1.96. The summed E-state index contributed by atoms with van der Waals surface area (Å²) in [6, 6.07) is 18.6. The van der Waals surface area contributed by atoms with Crippen LogP contribution in [0.25, 0.3) is 11.1 Å². The molecule has 0 radical (unpaired) electrons. The Morgan fingerprint density at radius 1 is 0.783 bits per heavy atom. The van der Waals surface area contributed by atoms with Gasteiger partial charge >= 0.3 is 0 Å². The van der Waals surface area contributed by atoms with Crippen molar-refractivity contribution >= 4 is 0 Å². The quantitative estimate of drug-likeness (QED) is 0.660. The summed E-state index contributed by atoms with van der Waals surface area (Å²) in [4.78, 5) is 0. The average molecular weight is 316 g/mol. The minimum atomic E-state index is -0.128. The van der Waals surface area contributed by atoms with E-state index in [-0.39, 0.29) is 25.9 Å². The summed E-state index contributed by atoms with van der Waals surface area (Å²) >= 11 is 0. The number of aliphatic hydroxyl groups is 2. The first kappa shape index (κ1) is 17.6. The number of hydrogen-bond donors (Lipinski definition) is 2. The van der Waals surface area contributed by atoms with Gasteiger partial charge in [-0.2, -0.15) is 0 Å². The Hall–Kier alpha value is -1.72. The van der Waals surface area contributed by atoms with Crippen molar-refractivity contribution in [2.75, 3.05) is 33.0 Å². The predicted molar refractivity (Wildman–Crippen MR) is 90.3 cm³/mol. The van der Waals surface area contributed by atoms with Crippen LogP contribution in [0.2, 0.25) is 0 Å². The summed E-state index contributed by atoms with van der Waals surface area (Å²) in [5.74, 6) is 0. The Labute approximate surface area is 137 Å². The topological polar surface area (TPSA) is 58.9 Å². The van der Waals surface area contributed by atoms with E-state index in [9.17, 15) is 0 Å². The Bertz CT molecular complexity index is 539. The van der Waals surface area contributed by atoms with Crippen LogP contribution in [-0.4, -0.2) is 49.4 Å². The fraction of sp³-hybridized carbons (Fsp3) is 0.368. The summed E-state index contributed by atoms with van der Waals surface area (Å²) in [7, 11) is 0. The molecular weight excluding hydrogens is 292 g/mol. The first-order chi connectivity index (χ1) is 11.3. The molecule has 0 aliphatic rings. The standard InChI is InChI=1S/C19H24O4/c20-10-12-22-15-19(23-13-11-21)14-16-6-8-18(9-7-16)17-4-2-1-3-5-17/h1-9,19-21H,10-15H2. The number of rotatable bonds is 10. The Kier molecular flexibility index (Phi) is 7.77. The lowest BCUT2D eigenvalue weighted by Gasteiger charge is -2.18. The van der Waals surface area contributed by atoms with Crippen LogP contribution in [0.4, 0.5) is 0 Å². The van der Waals surface area contributed by atoms with Crippen molar-refractivity contribution in [2.24, 2.45) is 0 Å². The third-order valence-corrected chi connectivity index (χ3v) is 3.51. The molecule has 23 heavy (non-hydrogen) atoms. The van der Waals surface area contributed by atoms with E-state index in [1.54, 1.807) is 0 Å². The molecular formula is C19H24O4. The van der Waals surface area contributed by atoms with E-state index in [1.165, 1.54) is 11.1 Å². The molecule has 2 aromatic carbocycles. The van der Waals surface area contributed by atoms with Crippen LogP contribution in [0.5, 0.6) is 0 Å². The van der Waals surface area contributed by atoms with Crippen LogP contribution in [0.1, 0.15) is 5.56 Å². The van der Waals surface area contributed by atoms with E-state index in [2.05, 4.69) is 36.4 Å². The third-order valence-electron chi connectivity index (χ3n) is 3.51. The van der Waals surface area contributed by atoms with Gasteiger partial charge in [0.2, 0.25) is 0 Å². The van der Waals surface area contributed by atoms with Crippen LogP contribution in [0, 0.1) is 0 Å². The molecule has 0 aromatic heterocycles. The molecule has 4 nitrogen and oxygen atoms in total. The molecule has 0 aliphatic heterocycles. The van der Waals surface area contributed by atoms with Crippen LogP contribution in [-0.2, 0) is 15.9 Å². The maximum Gasteiger partial charge on any atom is 0.0849 e. The van der Waals surface area contributed by atoms with E-state index in [1.807, 2.05) is 18.2 Å². The number of hydrogen-bond acceptors (Lipinski definition) is 4. The molecule has 124 valence electrons. The van der Waals surface area contributed by atoms with E-state index < -0.39 is 0 Å². The zero-order valence-corrected chi connectivity index (χ0v) is 13.2. The van der Waals surface area contributed by atoms with Gasteiger partial charge in [-0.1, -0.05) is 54.6 Å². The smallest absolute Gasteiger partial charge is 0.0849 e. The zero-order valence-electron chi connectivity index (χ0n) is 13.2. The summed E-state index contributed by atoms with van der Waals surface area (Å²) in [6.07, 6.45) is 0.580. The average Bonchev–Trinajstić information content (AvgIpc) is 2.61. The fourth-order valence-corrected chi connectivity index (χ4v) is 2.39. The van der Waals surface area contributed by atoms with Crippen LogP contribution >= 0.6 is 0 Å². The number of ether oxygens (including phenoxy) is 2. The van der Waals surface area contributed by atoms with E-state index in [0.717, 1.165) is 5.56 Å². The van der Waals surface area contributed by atoms with Crippen LogP contribution in [0.3, 0.4) is 0 Å². The van der Waals surface area contributed by atoms with Gasteiger partial charge in [-0.3, -0.25) is 0 Å². The second-order valence-electron chi connectivity index (χ2n) is 5.28. The summed E-state index contributed by atoms with van der Waals surface area (Å²) in [5, 5.41) is 17.7. The number of benzene rings is 2. The molecule has 0 fully saturated rings. The zero-order chi connectivity index (χ0) is 16.3. The lowest BCUT2D eigenvalue weighted by Crippen LogP contribution is -2.25. The normalized spacial score (nSPS) is 12.3. The molecule has 2 N–H and O–H groups in total. The Morgan fingerprint density at radius 3 is 2.09 bits per heavy atom. The van der Waals surface area contributed by atoms with Gasteiger partial charge in [-0.25, -0.2) is 0 Å². The van der Waals surface area contributed by atoms with Crippen molar-refractivity contribution < 1.29 is 19.7 Å². The fourth-order valence-electron chi connectivity index (χ4n) is 2.39. The lowest BCUT2D eigenvalue weighted by atomic mass is 10.0. The monoisotopic (exact) mass is 316 g/mol. The molecule has 0 saturated carbocycles. The molecule has 2 rings (SSSR count).